The Bertz CT molecular complexity index is 343. The van der Waals surface area contributed by atoms with Crippen LogP contribution in [0, 0.1) is 5.92 Å². The van der Waals surface area contributed by atoms with Gasteiger partial charge in [0, 0.05) is 11.5 Å². The number of Topliss-reactive ketones (excluding diaryl/α,β-unsaturated/α-hetero) is 1. The molecule has 0 fully saturated rings. The Hall–Kier alpha value is -1.32. The van der Waals surface area contributed by atoms with Gasteiger partial charge in [0.1, 0.15) is 5.76 Å². The molecular formula is C13H20O4. The SMILES string of the molecule is CCC[C@H]1C(C(C)=O)=C(C)O[C@@H]1C(=O)OCC. The maximum Gasteiger partial charge on any atom is 0.347 e. The largest absolute Gasteiger partial charge is 0.482 e. The van der Waals surface area contributed by atoms with Crippen molar-refractivity contribution in [3.63, 3.8) is 0 Å². The Balaban J connectivity index is 2.91. The van der Waals surface area contributed by atoms with Crippen LogP contribution < -0.4 is 0 Å². The summed E-state index contributed by atoms with van der Waals surface area (Å²) in [4.78, 5) is 23.3. The number of carbonyl (C=O) groups is 2. The summed E-state index contributed by atoms with van der Waals surface area (Å²) in [5.41, 5.74) is 0.643. The monoisotopic (exact) mass is 240 g/mol. The van der Waals surface area contributed by atoms with Crippen molar-refractivity contribution in [1.29, 1.82) is 0 Å². The van der Waals surface area contributed by atoms with Gasteiger partial charge in [-0.05, 0) is 27.2 Å². The Morgan fingerprint density at radius 2 is 2.00 bits per heavy atom. The van der Waals surface area contributed by atoms with Crippen LogP contribution >= 0.6 is 0 Å². The lowest BCUT2D eigenvalue weighted by Crippen LogP contribution is -2.31. The highest BCUT2D eigenvalue weighted by Gasteiger charge is 2.41. The number of carbonyl (C=O) groups excluding carboxylic acids is 2. The van der Waals surface area contributed by atoms with Crippen LogP contribution in [0.25, 0.3) is 0 Å². The van der Waals surface area contributed by atoms with E-state index in [1.165, 1.54) is 6.92 Å². The first-order valence-electron chi connectivity index (χ1n) is 6.07. The summed E-state index contributed by atoms with van der Waals surface area (Å²) in [7, 11) is 0. The van der Waals surface area contributed by atoms with E-state index in [0.29, 0.717) is 17.9 Å². The molecule has 0 bridgehead atoms. The molecule has 0 aromatic heterocycles. The molecule has 0 saturated heterocycles. The molecule has 0 aromatic carbocycles. The van der Waals surface area contributed by atoms with Gasteiger partial charge in [0.2, 0.25) is 6.10 Å². The zero-order chi connectivity index (χ0) is 13.0. The summed E-state index contributed by atoms with van der Waals surface area (Å²) in [6, 6.07) is 0. The quantitative estimate of drug-likeness (QED) is 0.691. The van der Waals surface area contributed by atoms with Gasteiger partial charge in [0.25, 0.3) is 0 Å². The topological polar surface area (TPSA) is 52.6 Å². The Morgan fingerprint density at radius 3 is 2.47 bits per heavy atom. The zero-order valence-corrected chi connectivity index (χ0v) is 10.9. The van der Waals surface area contributed by atoms with E-state index in [0.717, 1.165) is 12.8 Å². The van der Waals surface area contributed by atoms with Crippen molar-refractivity contribution < 1.29 is 19.1 Å². The molecule has 4 heteroatoms. The molecule has 2 atom stereocenters. The van der Waals surface area contributed by atoms with E-state index in [-0.39, 0.29) is 17.7 Å². The number of rotatable bonds is 5. The molecule has 0 N–H and O–H groups in total. The van der Waals surface area contributed by atoms with E-state index in [1.807, 2.05) is 6.92 Å². The van der Waals surface area contributed by atoms with Crippen LogP contribution in [-0.4, -0.2) is 24.5 Å². The van der Waals surface area contributed by atoms with Gasteiger partial charge in [0.05, 0.1) is 6.61 Å². The number of allylic oxidation sites excluding steroid dienone is 1. The van der Waals surface area contributed by atoms with Gasteiger partial charge >= 0.3 is 5.97 Å². The summed E-state index contributed by atoms with van der Waals surface area (Å²) in [5, 5.41) is 0. The molecule has 1 aliphatic rings. The second-order valence-electron chi connectivity index (χ2n) is 4.21. The molecular weight excluding hydrogens is 220 g/mol. The fraction of sp³-hybridized carbons (Fsp3) is 0.692. The predicted molar refractivity (Wildman–Crippen MR) is 63.3 cm³/mol. The summed E-state index contributed by atoms with van der Waals surface area (Å²) in [5.74, 6) is 0.0138. The standard InChI is InChI=1S/C13H20O4/c1-5-7-10-11(8(3)14)9(4)17-12(10)13(15)16-6-2/h10,12H,5-7H2,1-4H3/t10-,12-/m0/s1. The van der Waals surface area contributed by atoms with Crippen LogP contribution in [0.4, 0.5) is 0 Å². The van der Waals surface area contributed by atoms with Gasteiger partial charge in [-0.25, -0.2) is 4.79 Å². The maximum absolute atomic E-state index is 11.8. The fourth-order valence-electron chi connectivity index (χ4n) is 2.30. The number of hydrogen-bond donors (Lipinski definition) is 0. The highest BCUT2D eigenvalue weighted by atomic mass is 16.6. The fourth-order valence-corrected chi connectivity index (χ4v) is 2.30. The first-order chi connectivity index (χ1) is 8.02. The van der Waals surface area contributed by atoms with E-state index < -0.39 is 6.10 Å². The highest BCUT2D eigenvalue weighted by molar-refractivity contribution is 5.96. The minimum Gasteiger partial charge on any atom is -0.482 e. The third kappa shape index (κ3) is 2.87. The molecule has 0 saturated carbocycles. The van der Waals surface area contributed by atoms with Gasteiger partial charge < -0.3 is 9.47 Å². The molecule has 0 amide bonds. The number of hydrogen-bond acceptors (Lipinski definition) is 4. The smallest absolute Gasteiger partial charge is 0.347 e. The number of esters is 1. The summed E-state index contributed by atoms with van der Waals surface area (Å²) < 4.78 is 10.5. The van der Waals surface area contributed by atoms with Crippen LogP contribution in [0.1, 0.15) is 40.5 Å². The van der Waals surface area contributed by atoms with Gasteiger partial charge in [-0.2, -0.15) is 0 Å². The van der Waals surface area contributed by atoms with Crippen molar-refractivity contribution in [1.82, 2.24) is 0 Å². The van der Waals surface area contributed by atoms with Crippen molar-refractivity contribution in [2.45, 2.75) is 46.6 Å². The van der Waals surface area contributed by atoms with Crippen LogP contribution in [0.2, 0.25) is 0 Å². The lowest BCUT2D eigenvalue weighted by atomic mass is 9.88. The maximum atomic E-state index is 11.8. The molecule has 0 aliphatic carbocycles. The first-order valence-corrected chi connectivity index (χ1v) is 6.07. The Labute approximate surface area is 102 Å². The van der Waals surface area contributed by atoms with Crippen molar-refractivity contribution >= 4 is 11.8 Å². The van der Waals surface area contributed by atoms with Crippen molar-refractivity contribution in [2.24, 2.45) is 5.92 Å². The summed E-state index contributed by atoms with van der Waals surface area (Å²) in [6.07, 6.45) is 1.01. The van der Waals surface area contributed by atoms with Crippen LogP contribution in [0.3, 0.4) is 0 Å². The summed E-state index contributed by atoms with van der Waals surface area (Å²) >= 11 is 0. The van der Waals surface area contributed by atoms with Gasteiger partial charge in [-0.3, -0.25) is 4.79 Å². The lowest BCUT2D eigenvalue weighted by Gasteiger charge is -2.18. The Kier molecular flexibility index (Phi) is 4.73. The third-order valence-electron chi connectivity index (χ3n) is 2.92. The normalized spacial score (nSPS) is 23.5. The molecule has 0 aromatic rings. The molecule has 4 nitrogen and oxygen atoms in total. The van der Waals surface area contributed by atoms with E-state index >= 15 is 0 Å². The minimum absolute atomic E-state index is 0.0206. The lowest BCUT2D eigenvalue weighted by molar-refractivity contribution is -0.155. The molecule has 1 heterocycles. The predicted octanol–water partition coefficient (Wildman–Crippen LogP) is 2.23. The van der Waals surface area contributed by atoms with Crippen molar-refractivity contribution in [3.8, 4) is 0 Å². The van der Waals surface area contributed by atoms with Crippen LogP contribution in [-0.2, 0) is 19.1 Å². The molecule has 1 aliphatic heterocycles. The average Bonchev–Trinajstić information content (AvgIpc) is 2.56. The Morgan fingerprint density at radius 1 is 1.35 bits per heavy atom. The first kappa shape index (κ1) is 13.7. The van der Waals surface area contributed by atoms with E-state index in [2.05, 4.69) is 0 Å². The summed E-state index contributed by atoms with van der Waals surface area (Å²) in [6.45, 7) is 7.35. The number of ether oxygens (including phenoxy) is 2. The minimum atomic E-state index is -0.645. The molecule has 0 spiro atoms. The van der Waals surface area contributed by atoms with Gasteiger partial charge in [0.15, 0.2) is 5.78 Å². The van der Waals surface area contributed by atoms with Crippen molar-refractivity contribution in [2.75, 3.05) is 6.61 Å². The second-order valence-corrected chi connectivity index (χ2v) is 4.21. The molecule has 0 unspecified atom stereocenters. The van der Waals surface area contributed by atoms with Gasteiger partial charge in [-0.15, -0.1) is 0 Å². The second kappa shape index (κ2) is 5.84. The van der Waals surface area contributed by atoms with Gasteiger partial charge in [-0.1, -0.05) is 13.3 Å². The molecule has 17 heavy (non-hydrogen) atoms. The van der Waals surface area contributed by atoms with Crippen LogP contribution in [0.5, 0.6) is 0 Å². The molecule has 0 radical (unpaired) electrons. The molecule has 96 valence electrons. The van der Waals surface area contributed by atoms with Crippen LogP contribution in [0.15, 0.2) is 11.3 Å². The zero-order valence-electron chi connectivity index (χ0n) is 10.9. The highest BCUT2D eigenvalue weighted by Crippen LogP contribution is 2.35. The third-order valence-corrected chi connectivity index (χ3v) is 2.92. The number of ketones is 1. The van der Waals surface area contributed by atoms with Crippen molar-refractivity contribution in [3.05, 3.63) is 11.3 Å². The molecule has 1 rings (SSSR count). The van der Waals surface area contributed by atoms with E-state index in [1.54, 1.807) is 13.8 Å². The van der Waals surface area contributed by atoms with E-state index in [4.69, 9.17) is 9.47 Å². The average molecular weight is 240 g/mol. The van der Waals surface area contributed by atoms with E-state index in [9.17, 15) is 9.59 Å².